The maximum Gasteiger partial charge on any atom is 0.414 e. The molecule has 1 heterocycles. The third-order valence-corrected chi connectivity index (χ3v) is 6.45. The van der Waals surface area contributed by atoms with Gasteiger partial charge in [0.1, 0.15) is 5.60 Å². The van der Waals surface area contributed by atoms with E-state index in [2.05, 4.69) is 10.6 Å². The van der Waals surface area contributed by atoms with Gasteiger partial charge in [0.15, 0.2) is 0 Å². The average Bonchev–Trinajstić information content (AvgIpc) is 2.96. The summed E-state index contributed by atoms with van der Waals surface area (Å²) in [6, 6.07) is 20.0. The number of hydrogen-bond donors (Lipinski definition) is 2. The second-order valence-corrected chi connectivity index (χ2v) is 10.2. The van der Waals surface area contributed by atoms with Gasteiger partial charge in [-0.1, -0.05) is 42.1 Å². The van der Waals surface area contributed by atoms with Crippen LogP contribution in [0.3, 0.4) is 0 Å². The molecule has 0 atom stereocenters. The molecule has 2 N–H and O–H groups in total. The van der Waals surface area contributed by atoms with Crippen molar-refractivity contribution in [3.8, 4) is 0 Å². The van der Waals surface area contributed by atoms with E-state index >= 15 is 0 Å². The monoisotopic (exact) mass is 489 g/mol. The lowest BCUT2D eigenvalue weighted by molar-refractivity contribution is 0.0589. The highest BCUT2D eigenvalue weighted by Gasteiger charge is 2.23. The lowest BCUT2D eigenvalue weighted by Crippen LogP contribution is -2.35. The van der Waals surface area contributed by atoms with Crippen molar-refractivity contribution in [3.05, 3.63) is 83.4 Å². The van der Waals surface area contributed by atoms with Crippen molar-refractivity contribution < 1.29 is 19.1 Å². The molecule has 0 aromatic heterocycles. The van der Waals surface area contributed by atoms with Crippen LogP contribution in [-0.4, -0.2) is 30.6 Å². The van der Waals surface area contributed by atoms with E-state index in [0.717, 1.165) is 15.4 Å². The zero-order valence-electron chi connectivity index (χ0n) is 20.0. The Morgan fingerprint density at radius 1 is 1.00 bits per heavy atom. The molecule has 1 aliphatic heterocycles. The maximum atomic E-state index is 13.0. The van der Waals surface area contributed by atoms with E-state index in [1.165, 1.54) is 16.7 Å². The Morgan fingerprint density at radius 2 is 1.71 bits per heavy atom. The molecule has 35 heavy (non-hydrogen) atoms. The molecule has 0 radical (unpaired) electrons. The molecular formula is C27H27N3O4S. The number of nitrogens with one attached hydrogen (secondary N) is 2. The third-order valence-electron chi connectivity index (χ3n) is 5.30. The number of carbonyl (C=O) groups excluding carboxylic acids is 3. The minimum Gasteiger partial charge on any atom is -0.443 e. The number of hydrogen-bond acceptors (Lipinski definition) is 5. The first-order valence-electron chi connectivity index (χ1n) is 11.2. The summed E-state index contributed by atoms with van der Waals surface area (Å²) in [5, 5.41) is 5.82. The summed E-state index contributed by atoms with van der Waals surface area (Å²) in [6.07, 6.45) is -0.476. The lowest BCUT2D eigenvalue weighted by Gasteiger charge is -2.26. The van der Waals surface area contributed by atoms with Crippen molar-refractivity contribution in [2.24, 2.45) is 0 Å². The largest absolute Gasteiger partial charge is 0.443 e. The van der Waals surface area contributed by atoms with Crippen LogP contribution in [0.25, 0.3) is 0 Å². The Kier molecular flexibility index (Phi) is 6.84. The Labute approximate surface area is 208 Å². The Balaban J connectivity index is 1.48. The number of anilines is 2. The molecule has 0 aliphatic carbocycles. The van der Waals surface area contributed by atoms with Crippen molar-refractivity contribution in [1.82, 2.24) is 5.32 Å². The maximum absolute atomic E-state index is 13.0. The molecule has 1 aliphatic rings. The number of para-hydroxylation sites is 1. The highest BCUT2D eigenvalue weighted by molar-refractivity contribution is 7.99. The highest BCUT2D eigenvalue weighted by atomic mass is 32.2. The van der Waals surface area contributed by atoms with Gasteiger partial charge in [0, 0.05) is 28.9 Å². The molecule has 0 saturated heterocycles. The second kappa shape index (κ2) is 9.84. The van der Waals surface area contributed by atoms with Crippen LogP contribution in [0.15, 0.2) is 76.5 Å². The van der Waals surface area contributed by atoms with Crippen LogP contribution in [0, 0.1) is 0 Å². The third kappa shape index (κ3) is 5.66. The van der Waals surface area contributed by atoms with Gasteiger partial charge in [-0.25, -0.2) is 4.79 Å². The molecule has 7 nitrogen and oxygen atoms in total. The molecule has 3 amide bonds. The van der Waals surface area contributed by atoms with E-state index in [4.69, 9.17) is 4.74 Å². The van der Waals surface area contributed by atoms with Gasteiger partial charge in [-0.2, -0.15) is 0 Å². The first-order valence-corrected chi connectivity index (χ1v) is 12.0. The fourth-order valence-electron chi connectivity index (χ4n) is 3.60. The molecule has 0 spiro atoms. The Hall–Kier alpha value is -3.78. The van der Waals surface area contributed by atoms with E-state index in [0.29, 0.717) is 22.5 Å². The number of carbonyl (C=O) groups is 3. The molecule has 0 saturated carbocycles. The summed E-state index contributed by atoms with van der Waals surface area (Å²) in [4.78, 5) is 41.3. The van der Waals surface area contributed by atoms with Crippen LogP contribution >= 0.6 is 11.8 Å². The van der Waals surface area contributed by atoms with E-state index in [9.17, 15) is 14.4 Å². The van der Waals surface area contributed by atoms with Crippen molar-refractivity contribution >= 4 is 41.0 Å². The molecule has 180 valence electrons. The van der Waals surface area contributed by atoms with Crippen LogP contribution in [0.5, 0.6) is 0 Å². The fourth-order valence-corrected chi connectivity index (χ4v) is 4.61. The molecular weight excluding hydrogens is 462 g/mol. The number of fused-ring (bicyclic) bond motifs is 2. The van der Waals surface area contributed by atoms with Crippen molar-refractivity contribution in [3.63, 3.8) is 0 Å². The molecule has 0 unspecified atom stereocenters. The zero-order valence-corrected chi connectivity index (χ0v) is 20.9. The lowest BCUT2D eigenvalue weighted by atomic mass is 10.1. The molecule has 8 heteroatoms. The van der Waals surface area contributed by atoms with Crippen LogP contribution in [-0.2, 0) is 11.3 Å². The molecule has 3 aromatic carbocycles. The van der Waals surface area contributed by atoms with Gasteiger partial charge < -0.3 is 15.4 Å². The fraction of sp³-hybridized carbons (Fsp3) is 0.222. The molecule has 0 fully saturated rings. The van der Waals surface area contributed by atoms with Gasteiger partial charge >= 0.3 is 6.09 Å². The van der Waals surface area contributed by atoms with Crippen molar-refractivity contribution in [1.29, 1.82) is 0 Å². The standard InChI is InChI=1S/C27H27N3O4S/c1-27(2,3)34-26(33)30(4)21-11-7-5-9-18(21)16-28-24(31)17-13-14-23-20(15-17)29-25(32)19-10-6-8-12-22(19)35-23/h5-15H,16H2,1-4H3,(H,28,31)(H,29,32). The van der Waals surface area contributed by atoms with Crippen LogP contribution in [0.2, 0.25) is 0 Å². The van der Waals surface area contributed by atoms with Crippen LogP contribution in [0.4, 0.5) is 16.2 Å². The minimum absolute atomic E-state index is 0.205. The van der Waals surface area contributed by atoms with Gasteiger partial charge in [0.2, 0.25) is 0 Å². The van der Waals surface area contributed by atoms with Gasteiger partial charge in [0.25, 0.3) is 11.8 Å². The predicted octanol–water partition coefficient (Wildman–Crippen LogP) is 5.70. The van der Waals surface area contributed by atoms with E-state index in [1.54, 1.807) is 31.3 Å². The normalized spacial score (nSPS) is 12.5. The molecule has 4 rings (SSSR count). The Bertz CT molecular complexity index is 1300. The summed E-state index contributed by atoms with van der Waals surface area (Å²) in [5.41, 5.74) is 2.41. The van der Waals surface area contributed by atoms with Crippen molar-refractivity contribution in [2.75, 3.05) is 17.3 Å². The quantitative estimate of drug-likeness (QED) is 0.491. The van der Waals surface area contributed by atoms with E-state index in [1.807, 2.05) is 63.2 Å². The van der Waals surface area contributed by atoms with Gasteiger partial charge in [-0.3, -0.25) is 14.5 Å². The summed E-state index contributed by atoms with van der Waals surface area (Å²) in [7, 11) is 1.64. The van der Waals surface area contributed by atoms with Gasteiger partial charge in [0.05, 0.1) is 16.9 Å². The van der Waals surface area contributed by atoms with Crippen LogP contribution < -0.4 is 15.5 Å². The molecule has 0 bridgehead atoms. The summed E-state index contributed by atoms with van der Waals surface area (Å²) in [6.45, 7) is 5.65. The first-order chi connectivity index (χ1) is 16.6. The van der Waals surface area contributed by atoms with Gasteiger partial charge in [-0.15, -0.1) is 0 Å². The SMILES string of the molecule is CN(C(=O)OC(C)(C)C)c1ccccc1CNC(=O)c1ccc2c(c1)NC(=O)c1ccccc1S2. The smallest absolute Gasteiger partial charge is 0.414 e. The predicted molar refractivity (Wildman–Crippen MR) is 137 cm³/mol. The molecule has 3 aromatic rings. The van der Waals surface area contributed by atoms with E-state index in [-0.39, 0.29) is 18.4 Å². The number of benzene rings is 3. The zero-order chi connectivity index (χ0) is 25.2. The highest BCUT2D eigenvalue weighted by Crippen LogP contribution is 2.39. The number of rotatable bonds is 4. The Morgan fingerprint density at radius 3 is 2.49 bits per heavy atom. The second-order valence-electron chi connectivity index (χ2n) is 9.11. The summed E-state index contributed by atoms with van der Waals surface area (Å²) < 4.78 is 5.46. The summed E-state index contributed by atoms with van der Waals surface area (Å²) in [5.74, 6) is -0.493. The number of nitrogens with zero attached hydrogens (tertiary/aromatic N) is 1. The topological polar surface area (TPSA) is 87.7 Å². The van der Waals surface area contributed by atoms with Crippen molar-refractivity contribution in [2.45, 2.75) is 42.7 Å². The van der Waals surface area contributed by atoms with Crippen LogP contribution in [0.1, 0.15) is 47.1 Å². The van der Waals surface area contributed by atoms with E-state index < -0.39 is 11.7 Å². The minimum atomic E-state index is -0.616. The number of ether oxygens (including phenoxy) is 1. The summed E-state index contributed by atoms with van der Waals surface area (Å²) >= 11 is 1.48. The first kappa shape index (κ1) is 24.3. The average molecular weight is 490 g/mol. The number of amides is 3. The van der Waals surface area contributed by atoms with Gasteiger partial charge in [-0.05, 0) is 62.7 Å².